The van der Waals surface area contributed by atoms with Crippen molar-refractivity contribution in [2.24, 2.45) is 0 Å². The molecule has 0 fully saturated rings. The highest BCUT2D eigenvalue weighted by Crippen LogP contribution is 1.83. The normalized spacial score (nSPS) is 13.2. The van der Waals surface area contributed by atoms with E-state index in [2.05, 4.69) is 4.74 Å². The molecule has 0 aromatic carbocycles. The summed E-state index contributed by atoms with van der Waals surface area (Å²) in [5, 5.41) is 0. The molecule has 1 unspecified atom stereocenters. The summed E-state index contributed by atoms with van der Waals surface area (Å²) in [5.74, 6) is 0. The summed E-state index contributed by atoms with van der Waals surface area (Å²) in [4.78, 5) is 9.71. The first kappa shape index (κ1) is 7.59. The summed E-state index contributed by atoms with van der Waals surface area (Å²) in [6, 6.07) is 0. The lowest BCUT2D eigenvalue weighted by Gasteiger charge is -2.01. The third-order valence-corrected chi connectivity index (χ3v) is 0.602. The van der Waals surface area contributed by atoms with Crippen LogP contribution in [0.1, 0.15) is 6.92 Å². The Bertz CT molecular complexity index is 62.7. The first-order chi connectivity index (χ1) is 3.81. The van der Waals surface area contributed by atoms with Crippen molar-refractivity contribution in [1.29, 1.82) is 0 Å². The van der Waals surface area contributed by atoms with E-state index in [0.29, 0.717) is 0 Å². The number of hydrogen-bond acceptors (Lipinski definition) is 3. The van der Waals surface area contributed by atoms with Crippen molar-refractivity contribution in [1.82, 2.24) is 0 Å². The average Bonchev–Trinajstić information content (AvgIpc) is 1.83. The smallest absolute Gasteiger partial charge is 0.229 e. The highest BCUT2D eigenvalue weighted by molar-refractivity contribution is 5.55. The third kappa shape index (κ3) is 3.77. The van der Waals surface area contributed by atoms with Crippen molar-refractivity contribution in [2.45, 2.75) is 13.0 Å². The van der Waals surface area contributed by atoms with Gasteiger partial charge in [-0.15, -0.1) is 0 Å². The minimum absolute atomic E-state index is 0.149. The van der Waals surface area contributed by atoms with Crippen LogP contribution in [0.4, 0.5) is 0 Å². The van der Waals surface area contributed by atoms with Gasteiger partial charge >= 0.3 is 0 Å². The van der Waals surface area contributed by atoms with Crippen LogP contribution in [0.2, 0.25) is 0 Å². The Morgan fingerprint density at radius 2 is 2.38 bits per heavy atom. The number of hydrogen-bond donors (Lipinski definition) is 0. The fourth-order valence-corrected chi connectivity index (χ4v) is 0.204. The molecule has 0 aliphatic rings. The Balaban J connectivity index is 2.98. The zero-order chi connectivity index (χ0) is 6.41. The van der Waals surface area contributed by atoms with Gasteiger partial charge < -0.3 is 9.47 Å². The summed E-state index contributed by atoms with van der Waals surface area (Å²) in [6.45, 7) is 1.75. The molecule has 0 spiro atoms. The van der Waals surface area contributed by atoms with Crippen molar-refractivity contribution in [3.8, 4) is 0 Å². The lowest BCUT2D eigenvalue weighted by Crippen LogP contribution is -2.10. The standard InChI is InChI=1S/C5H9O3/c1-5(3-6)8-4-7-2/h5H,4H2,1-2H3. The van der Waals surface area contributed by atoms with Crippen LogP contribution >= 0.6 is 0 Å². The van der Waals surface area contributed by atoms with Crippen LogP contribution in [-0.4, -0.2) is 26.3 Å². The van der Waals surface area contributed by atoms with Crippen LogP contribution in [0.5, 0.6) is 0 Å². The van der Waals surface area contributed by atoms with Crippen molar-refractivity contribution < 1.29 is 14.3 Å². The van der Waals surface area contributed by atoms with E-state index in [0.717, 1.165) is 0 Å². The fourth-order valence-electron chi connectivity index (χ4n) is 0.204. The molecule has 0 heterocycles. The van der Waals surface area contributed by atoms with Gasteiger partial charge in [-0.2, -0.15) is 0 Å². The van der Waals surface area contributed by atoms with E-state index >= 15 is 0 Å². The lowest BCUT2D eigenvalue weighted by atomic mass is 10.5. The SMILES string of the molecule is COCOC(C)[C]=O. The van der Waals surface area contributed by atoms with Crippen molar-refractivity contribution in [2.75, 3.05) is 13.9 Å². The molecule has 47 valence electrons. The Hall–Kier alpha value is -0.410. The van der Waals surface area contributed by atoms with E-state index in [1.807, 2.05) is 0 Å². The maximum atomic E-state index is 9.71. The van der Waals surface area contributed by atoms with Crippen molar-refractivity contribution in [3.63, 3.8) is 0 Å². The molecular weight excluding hydrogens is 108 g/mol. The summed E-state index contributed by atoms with van der Waals surface area (Å²) in [7, 11) is 1.50. The van der Waals surface area contributed by atoms with Gasteiger partial charge in [-0.1, -0.05) is 0 Å². The summed E-state index contributed by atoms with van der Waals surface area (Å²) < 4.78 is 9.21. The van der Waals surface area contributed by atoms with Gasteiger partial charge in [0.05, 0.1) is 0 Å². The summed E-state index contributed by atoms with van der Waals surface area (Å²) in [5.41, 5.74) is 0. The van der Waals surface area contributed by atoms with Crippen LogP contribution in [0.3, 0.4) is 0 Å². The van der Waals surface area contributed by atoms with Crippen molar-refractivity contribution in [3.05, 3.63) is 0 Å². The molecule has 0 bridgehead atoms. The fraction of sp³-hybridized carbons (Fsp3) is 0.800. The van der Waals surface area contributed by atoms with E-state index in [9.17, 15) is 4.79 Å². The molecule has 3 heteroatoms. The molecule has 8 heavy (non-hydrogen) atoms. The lowest BCUT2D eigenvalue weighted by molar-refractivity contribution is -0.0439. The molecule has 0 aliphatic heterocycles. The monoisotopic (exact) mass is 117 g/mol. The number of methoxy groups -OCH3 is 1. The topological polar surface area (TPSA) is 35.5 Å². The molecule has 0 amide bonds. The van der Waals surface area contributed by atoms with E-state index in [4.69, 9.17) is 4.74 Å². The maximum absolute atomic E-state index is 9.71. The van der Waals surface area contributed by atoms with Gasteiger partial charge in [-0.05, 0) is 6.92 Å². The minimum Gasteiger partial charge on any atom is -0.359 e. The predicted octanol–water partition coefficient (Wildman–Crippen LogP) is 0.105. The molecule has 0 saturated carbocycles. The average molecular weight is 117 g/mol. The zero-order valence-corrected chi connectivity index (χ0v) is 5.01. The molecule has 0 aliphatic carbocycles. The highest BCUT2D eigenvalue weighted by atomic mass is 16.7. The second kappa shape index (κ2) is 4.74. The maximum Gasteiger partial charge on any atom is 0.229 e. The summed E-state index contributed by atoms with van der Waals surface area (Å²) >= 11 is 0. The molecule has 0 rings (SSSR count). The minimum atomic E-state index is -0.477. The van der Waals surface area contributed by atoms with Crippen LogP contribution in [0.15, 0.2) is 0 Å². The zero-order valence-electron chi connectivity index (χ0n) is 5.01. The summed E-state index contributed by atoms with van der Waals surface area (Å²) in [6.07, 6.45) is 1.17. The highest BCUT2D eigenvalue weighted by Gasteiger charge is 1.96. The van der Waals surface area contributed by atoms with Crippen LogP contribution in [-0.2, 0) is 14.3 Å². The van der Waals surface area contributed by atoms with Crippen molar-refractivity contribution >= 4 is 6.29 Å². The Labute approximate surface area is 48.6 Å². The quantitative estimate of drug-likeness (QED) is 0.490. The second-order valence-electron chi connectivity index (χ2n) is 1.33. The molecule has 1 atom stereocenters. The van der Waals surface area contributed by atoms with Gasteiger partial charge in [0.15, 0.2) is 0 Å². The van der Waals surface area contributed by atoms with E-state index in [1.54, 1.807) is 13.2 Å². The van der Waals surface area contributed by atoms with Crippen LogP contribution in [0, 0.1) is 0 Å². The predicted molar refractivity (Wildman–Crippen MR) is 28.1 cm³/mol. The van der Waals surface area contributed by atoms with Gasteiger partial charge in [-0.25, -0.2) is 0 Å². The Morgan fingerprint density at radius 3 is 2.75 bits per heavy atom. The largest absolute Gasteiger partial charge is 0.359 e. The molecule has 3 nitrogen and oxygen atoms in total. The Kier molecular flexibility index (Phi) is 4.50. The van der Waals surface area contributed by atoms with Gasteiger partial charge in [0.25, 0.3) is 0 Å². The molecule has 1 radical (unpaired) electrons. The van der Waals surface area contributed by atoms with E-state index in [1.165, 1.54) is 7.11 Å². The molecule has 0 N–H and O–H groups in total. The van der Waals surface area contributed by atoms with E-state index < -0.39 is 6.10 Å². The number of carbonyl (C=O) groups excluding carboxylic acids is 1. The van der Waals surface area contributed by atoms with Gasteiger partial charge in [0, 0.05) is 7.11 Å². The van der Waals surface area contributed by atoms with Gasteiger partial charge in [0.2, 0.25) is 6.29 Å². The second-order valence-corrected chi connectivity index (χ2v) is 1.33. The van der Waals surface area contributed by atoms with Gasteiger partial charge in [0.1, 0.15) is 12.9 Å². The third-order valence-electron chi connectivity index (χ3n) is 0.602. The van der Waals surface area contributed by atoms with Crippen LogP contribution in [0.25, 0.3) is 0 Å². The first-order valence-electron chi connectivity index (χ1n) is 2.29. The van der Waals surface area contributed by atoms with E-state index in [-0.39, 0.29) is 6.79 Å². The van der Waals surface area contributed by atoms with Gasteiger partial charge in [-0.3, -0.25) is 4.79 Å². The number of ether oxygens (including phenoxy) is 2. The first-order valence-corrected chi connectivity index (χ1v) is 2.29. The number of rotatable bonds is 4. The van der Waals surface area contributed by atoms with Crippen LogP contribution < -0.4 is 0 Å². The molecule has 0 saturated heterocycles. The molecular formula is C5H9O3. The molecule has 0 aromatic rings. The Morgan fingerprint density at radius 1 is 1.75 bits per heavy atom. The molecule has 0 aromatic heterocycles.